The Morgan fingerprint density at radius 2 is 1.77 bits per heavy atom. The summed E-state index contributed by atoms with van der Waals surface area (Å²) in [5, 5.41) is 12.6. The van der Waals surface area contributed by atoms with Gasteiger partial charge in [-0.3, -0.25) is 19.5 Å². The van der Waals surface area contributed by atoms with Crippen LogP contribution in [-0.4, -0.2) is 14.1 Å². The zero-order valence-electron chi connectivity index (χ0n) is 15.5. The largest absolute Gasteiger partial charge is 0.416 e. The number of aromatic nitrogens is 2. The van der Waals surface area contributed by atoms with Gasteiger partial charge in [-0.1, -0.05) is 18.2 Å². The summed E-state index contributed by atoms with van der Waals surface area (Å²) in [6.45, 7) is -0.104. The summed E-state index contributed by atoms with van der Waals surface area (Å²) in [5.74, 6) is 0. The second-order valence-electron chi connectivity index (χ2n) is 6.62. The SMILES string of the molecule is O=c1c2sccc2n(Cc2cccc([N+](=O)[O-])c2)c(=O)n1-c1cccc(C(F)(F)F)c1. The van der Waals surface area contributed by atoms with Crippen molar-refractivity contribution in [1.82, 2.24) is 9.13 Å². The summed E-state index contributed by atoms with van der Waals surface area (Å²) in [4.78, 5) is 36.6. The van der Waals surface area contributed by atoms with Crippen molar-refractivity contribution in [2.75, 3.05) is 0 Å². The number of nitro benzene ring substituents is 1. The van der Waals surface area contributed by atoms with Gasteiger partial charge in [-0.2, -0.15) is 13.2 Å². The molecule has 4 aromatic rings. The van der Waals surface area contributed by atoms with Crippen LogP contribution in [0.15, 0.2) is 69.6 Å². The number of nitrogens with zero attached hydrogens (tertiary/aromatic N) is 3. The summed E-state index contributed by atoms with van der Waals surface area (Å²) >= 11 is 1.05. The minimum Gasteiger partial charge on any atom is -0.288 e. The highest BCUT2D eigenvalue weighted by Crippen LogP contribution is 2.30. The Kier molecular flexibility index (Phi) is 4.97. The van der Waals surface area contributed by atoms with E-state index in [4.69, 9.17) is 0 Å². The molecule has 0 aliphatic heterocycles. The third-order valence-electron chi connectivity index (χ3n) is 4.65. The van der Waals surface area contributed by atoms with Gasteiger partial charge in [-0.25, -0.2) is 9.36 Å². The average Bonchev–Trinajstić information content (AvgIpc) is 3.21. The van der Waals surface area contributed by atoms with Crippen LogP contribution in [0.3, 0.4) is 0 Å². The van der Waals surface area contributed by atoms with Crippen LogP contribution in [0.4, 0.5) is 18.9 Å². The molecule has 7 nitrogen and oxygen atoms in total. The summed E-state index contributed by atoms with van der Waals surface area (Å²) in [7, 11) is 0. The van der Waals surface area contributed by atoms with Crippen LogP contribution in [0.5, 0.6) is 0 Å². The Morgan fingerprint density at radius 3 is 2.48 bits per heavy atom. The topological polar surface area (TPSA) is 87.1 Å². The van der Waals surface area contributed by atoms with E-state index in [9.17, 15) is 32.9 Å². The van der Waals surface area contributed by atoms with Crippen molar-refractivity contribution in [2.24, 2.45) is 0 Å². The van der Waals surface area contributed by atoms with Gasteiger partial charge in [-0.05, 0) is 35.2 Å². The van der Waals surface area contributed by atoms with Crippen molar-refractivity contribution >= 4 is 27.2 Å². The molecule has 0 aliphatic carbocycles. The van der Waals surface area contributed by atoms with Crippen LogP contribution < -0.4 is 11.2 Å². The lowest BCUT2D eigenvalue weighted by Gasteiger charge is -2.14. The molecule has 2 aromatic carbocycles. The van der Waals surface area contributed by atoms with Crippen LogP contribution in [0, 0.1) is 10.1 Å². The standard InChI is InChI=1S/C20H12F3N3O4S/c21-20(22,23)13-4-2-5-14(10-13)25-18(27)17-16(7-8-31-17)24(19(25)28)11-12-3-1-6-15(9-12)26(29)30/h1-10H,11H2. The molecule has 2 aromatic heterocycles. The van der Waals surface area contributed by atoms with Gasteiger partial charge in [0.1, 0.15) is 4.70 Å². The van der Waals surface area contributed by atoms with Crippen molar-refractivity contribution in [2.45, 2.75) is 12.7 Å². The van der Waals surface area contributed by atoms with Crippen LogP contribution >= 0.6 is 11.3 Å². The van der Waals surface area contributed by atoms with E-state index in [0.29, 0.717) is 15.6 Å². The second kappa shape index (κ2) is 7.51. The number of hydrogen-bond donors (Lipinski definition) is 0. The molecule has 2 heterocycles. The molecule has 4 rings (SSSR count). The van der Waals surface area contributed by atoms with Gasteiger partial charge in [0.05, 0.1) is 28.2 Å². The Hall–Kier alpha value is -3.73. The van der Waals surface area contributed by atoms with Crippen LogP contribution in [0.1, 0.15) is 11.1 Å². The van der Waals surface area contributed by atoms with Crippen molar-refractivity contribution in [1.29, 1.82) is 0 Å². The first-order valence-corrected chi connectivity index (χ1v) is 9.69. The predicted molar refractivity (Wildman–Crippen MR) is 109 cm³/mol. The Labute approximate surface area is 175 Å². The first kappa shape index (κ1) is 20.5. The lowest BCUT2D eigenvalue weighted by Crippen LogP contribution is -2.38. The Morgan fingerprint density at radius 1 is 1.03 bits per heavy atom. The maximum absolute atomic E-state index is 13.2. The predicted octanol–water partition coefficient (Wildman–Crippen LogP) is 4.19. The van der Waals surface area contributed by atoms with E-state index in [1.54, 1.807) is 17.5 Å². The molecule has 0 radical (unpaired) electrons. The Bertz CT molecular complexity index is 1440. The summed E-state index contributed by atoms with van der Waals surface area (Å²) in [6, 6.07) is 11.1. The molecule has 0 bridgehead atoms. The van der Waals surface area contributed by atoms with Crippen LogP contribution in [0.25, 0.3) is 15.9 Å². The molecule has 0 unspecified atom stereocenters. The molecule has 0 N–H and O–H groups in total. The van der Waals surface area contributed by atoms with E-state index < -0.39 is 27.9 Å². The highest BCUT2D eigenvalue weighted by Gasteiger charge is 2.31. The van der Waals surface area contributed by atoms with Crippen molar-refractivity contribution < 1.29 is 18.1 Å². The zero-order valence-corrected chi connectivity index (χ0v) is 16.3. The maximum Gasteiger partial charge on any atom is 0.416 e. The number of halogens is 3. The highest BCUT2D eigenvalue weighted by atomic mass is 32.1. The highest BCUT2D eigenvalue weighted by molar-refractivity contribution is 7.17. The van der Waals surface area contributed by atoms with E-state index in [-0.39, 0.29) is 22.6 Å². The van der Waals surface area contributed by atoms with E-state index in [2.05, 4.69) is 0 Å². The van der Waals surface area contributed by atoms with E-state index >= 15 is 0 Å². The number of alkyl halides is 3. The quantitative estimate of drug-likeness (QED) is 0.347. The molecule has 0 saturated carbocycles. The third kappa shape index (κ3) is 3.75. The maximum atomic E-state index is 13.2. The van der Waals surface area contributed by atoms with Crippen LogP contribution in [-0.2, 0) is 12.7 Å². The van der Waals surface area contributed by atoms with Crippen LogP contribution in [0.2, 0.25) is 0 Å². The normalized spacial score (nSPS) is 11.7. The molecule has 0 aliphatic rings. The number of thiophene rings is 1. The molecule has 0 saturated heterocycles. The molecule has 158 valence electrons. The zero-order chi connectivity index (χ0) is 22.3. The first-order chi connectivity index (χ1) is 14.7. The lowest BCUT2D eigenvalue weighted by atomic mass is 10.2. The summed E-state index contributed by atoms with van der Waals surface area (Å²) in [5.41, 5.74) is -2.22. The smallest absolute Gasteiger partial charge is 0.288 e. The minimum atomic E-state index is -4.64. The van der Waals surface area contributed by atoms with Gasteiger partial charge in [0, 0.05) is 12.1 Å². The fourth-order valence-electron chi connectivity index (χ4n) is 3.24. The average molecular weight is 447 g/mol. The monoisotopic (exact) mass is 447 g/mol. The van der Waals surface area contributed by atoms with Crippen molar-refractivity contribution in [3.05, 3.63) is 102 Å². The van der Waals surface area contributed by atoms with Gasteiger partial charge < -0.3 is 0 Å². The fraction of sp³-hybridized carbons (Fsp3) is 0.100. The molecular formula is C20H12F3N3O4S. The summed E-state index contributed by atoms with van der Waals surface area (Å²) in [6.07, 6.45) is -4.64. The molecule has 0 atom stereocenters. The molecule has 0 amide bonds. The second-order valence-corrected chi connectivity index (χ2v) is 7.54. The molecule has 0 spiro atoms. The number of hydrogen-bond acceptors (Lipinski definition) is 5. The van der Waals surface area contributed by atoms with E-state index in [1.165, 1.54) is 28.8 Å². The third-order valence-corrected chi connectivity index (χ3v) is 5.54. The van der Waals surface area contributed by atoms with Gasteiger partial charge in [0.15, 0.2) is 0 Å². The van der Waals surface area contributed by atoms with E-state index in [1.807, 2.05) is 0 Å². The van der Waals surface area contributed by atoms with Gasteiger partial charge in [0.25, 0.3) is 11.2 Å². The van der Waals surface area contributed by atoms with Gasteiger partial charge >= 0.3 is 11.9 Å². The minimum absolute atomic E-state index is 0.104. The van der Waals surface area contributed by atoms with Gasteiger partial charge in [-0.15, -0.1) is 11.3 Å². The molecule has 11 heteroatoms. The van der Waals surface area contributed by atoms with E-state index in [0.717, 1.165) is 29.5 Å². The molecule has 0 fully saturated rings. The Balaban J connectivity index is 1.94. The number of rotatable bonds is 4. The number of non-ortho nitro benzene ring substituents is 1. The molecule has 31 heavy (non-hydrogen) atoms. The van der Waals surface area contributed by atoms with Crippen molar-refractivity contribution in [3.8, 4) is 5.69 Å². The first-order valence-electron chi connectivity index (χ1n) is 8.81. The number of fused-ring (bicyclic) bond motifs is 1. The summed E-state index contributed by atoms with van der Waals surface area (Å²) < 4.78 is 41.5. The fourth-order valence-corrected chi connectivity index (χ4v) is 4.06. The lowest BCUT2D eigenvalue weighted by molar-refractivity contribution is -0.384. The number of benzene rings is 2. The molecular weight excluding hydrogens is 435 g/mol. The number of nitro groups is 1. The van der Waals surface area contributed by atoms with Gasteiger partial charge in [0.2, 0.25) is 0 Å². The van der Waals surface area contributed by atoms with Crippen molar-refractivity contribution in [3.63, 3.8) is 0 Å².